The largest absolute Gasteiger partial charge is 0.494 e. The van der Waals surface area contributed by atoms with Crippen LogP contribution in [0.4, 0.5) is 10.5 Å². The van der Waals surface area contributed by atoms with Crippen LogP contribution in [0.3, 0.4) is 0 Å². The normalized spacial score (nSPS) is 14.7. The molecule has 33 heavy (non-hydrogen) atoms. The maximum absolute atomic E-state index is 13.7. The molecule has 1 aliphatic heterocycles. The van der Waals surface area contributed by atoms with Crippen LogP contribution in [0.5, 0.6) is 5.75 Å². The molecule has 166 valence electrons. The van der Waals surface area contributed by atoms with Crippen LogP contribution in [0.25, 0.3) is 5.69 Å². The maximum atomic E-state index is 13.7. The number of ether oxygens (including phenoxy) is 1. The number of para-hydroxylation sites is 1. The van der Waals surface area contributed by atoms with Crippen molar-refractivity contribution >= 4 is 11.7 Å². The van der Waals surface area contributed by atoms with Crippen LogP contribution < -0.4 is 10.1 Å². The van der Waals surface area contributed by atoms with E-state index in [9.17, 15) is 4.79 Å². The molecule has 2 heterocycles. The molecule has 3 aromatic carbocycles. The Morgan fingerprint density at radius 1 is 1.00 bits per heavy atom. The molecular weight excluding hydrogens is 410 g/mol. The molecule has 1 N–H and O–H groups in total. The second-order valence-electron chi connectivity index (χ2n) is 8.26. The van der Waals surface area contributed by atoms with Crippen LogP contribution in [-0.2, 0) is 6.54 Å². The summed E-state index contributed by atoms with van der Waals surface area (Å²) in [5.41, 5.74) is 6.17. The third-order valence-electron chi connectivity index (χ3n) is 6.00. The van der Waals surface area contributed by atoms with Crippen molar-refractivity contribution in [3.05, 3.63) is 114 Å². The van der Waals surface area contributed by atoms with Gasteiger partial charge in [-0.15, -0.1) is 0 Å². The first-order chi connectivity index (χ1) is 16.1. The fraction of sp³-hybridized carbons (Fsp3) is 0.179. The van der Waals surface area contributed by atoms with Crippen LogP contribution in [0, 0.1) is 6.92 Å². The second-order valence-corrected chi connectivity index (χ2v) is 8.26. The predicted octanol–water partition coefficient (Wildman–Crippen LogP) is 6.32. The number of anilines is 1. The highest BCUT2D eigenvalue weighted by Crippen LogP contribution is 2.37. The van der Waals surface area contributed by atoms with E-state index in [-0.39, 0.29) is 12.1 Å². The van der Waals surface area contributed by atoms with E-state index in [1.165, 1.54) is 0 Å². The Balaban J connectivity index is 1.60. The number of carbonyl (C=O) groups excluding carboxylic acids is 1. The standard InChI is InChI=1S/C28H27N3O2/c1-3-33-24-15-13-21(14-16-24)27-26-12-7-17-30(26)25-11-5-4-9-22(25)19-31(27)28(32)29-23-10-6-8-20(2)18-23/h4-18,27H,3,19H2,1-2H3,(H,29,32)/t27-/m0/s1. The van der Waals surface area contributed by atoms with Gasteiger partial charge in [0.1, 0.15) is 5.75 Å². The molecular formula is C28H27N3O2. The summed E-state index contributed by atoms with van der Waals surface area (Å²) >= 11 is 0. The van der Waals surface area contributed by atoms with Gasteiger partial charge in [0.25, 0.3) is 0 Å². The molecule has 4 aromatic rings. The maximum Gasteiger partial charge on any atom is 0.322 e. The van der Waals surface area contributed by atoms with Gasteiger partial charge < -0.3 is 19.5 Å². The third kappa shape index (κ3) is 4.10. The molecule has 0 unspecified atom stereocenters. The van der Waals surface area contributed by atoms with Crippen molar-refractivity contribution in [1.29, 1.82) is 0 Å². The number of nitrogens with one attached hydrogen (secondary N) is 1. The molecule has 1 aliphatic rings. The summed E-state index contributed by atoms with van der Waals surface area (Å²) in [6.07, 6.45) is 2.07. The smallest absolute Gasteiger partial charge is 0.322 e. The van der Waals surface area contributed by atoms with Gasteiger partial charge in [-0.3, -0.25) is 0 Å². The van der Waals surface area contributed by atoms with E-state index in [4.69, 9.17) is 4.74 Å². The minimum atomic E-state index is -0.257. The summed E-state index contributed by atoms with van der Waals surface area (Å²) in [4.78, 5) is 15.6. The Hall–Kier alpha value is -3.99. The lowest BCUT2D eigenvalue weighted by Crippen LogP contribution is -2.37. The first kappa shape index (κ1) is 20.9. The zero-order chi connectivity index (χ0) is 22.8. The Kier molecular flexibility index (Phi) is 5.61. The average molecular weight is 438 g/mol. The highest BCUT2D eigenvalue weighted by atomic mass is 16.5. The minimum absolute atomic E-state index is 0.135. The highest BCUT2D eigenvalue weighted by Gasteiger charge is 2.33. The molecule has 5 heteroatoms. The minimum Gasteiger partial charge on any atom is -0.494 e. The van der Waals surface area contributed by atoms with Gasteiger partial charge in [0.05, 0.1) is 24.9 Å². The first-order valence-electron chi connectivity index (χ1n) is 11.3. The van der Waals surface area contributed by atoms with E-state index in [1.807, 2.05) is 73.3 Å². The van der Waals surface area contributed by atoms with Gasteiger partial charge in [-0.1, -0.05) is 42.5 Å². The Morgan fingerprint density at radius 2 is 1.82 bits per heavy atom. The van der Waals surface area contributed by atoms with E-state index < -0.39 is 0 Å². The molecule has 0 radical (unpaired) electrons. The fourth-order valence-corrected chi connectivity index (χ4v) is 4.52. The molecule has 5 rings (SSSR count). The van der Waals surface area contributed by atoms with Gasteiger partial charge in [-0.25, -0.2) is 4.79 Å². The second kappa shape index (κ2) is 8.87. The van der Waals surface area contributed by atoms with E-state index >= 15 is 0 Å². The SMILES string of the molecule is CCOc1ccc([C@H]2c3cccn3-c3ccccc3CN2C(=O)Nc2cccc(C)c2)cc1. The zero-order valence-electron chi connectivity index (χ0n) is 18.9. The number of rotatable bonds is 4. The van der Waals surface area contributed by atoms with Crippen molar-refractivity contribution in [3.8, 4) is 11.4 Å². The Morgan fingerprint density at radius 3 is 2.61 bits per heavy atom. The Bertz CT molecular complexity index is 1280. The van der Waals surface area contributed by atoms with Crippen molar-refractivity contribution in [1.82, 2.24) is 9.47 Å². The molecule has 0 fully saturated rings. The lowest BCUT2D eigenvalue weighted by Gasteiger charge is -2.31. The fourth-order valence-electron chi connectivity index (χ4n) is 4.52. The number of amides is 2. The van der Waals surface area contributed by atoms with Gasteiger partial charge in [0.15, 0.2) is 0 Å². The molecule has 5 nitrogen and oxygen atoms in total. The summed E-state index contributed by atoms with van der Waals surface area (Å²) < 4.78 is 7.84. The summed E-state index contributed by atoms with van der Waals surface area (Å²) in [7, 11) is 0. The average Bonchev–Trinajstić information content (AvgIpc) is 3.24. The number of urea groups is 1. The zero-order valence-corrected chi connectivity index (χ0v) is 18.9. The number of hydrogen-bond donors (Lipinski definition) is 1. The van der Waals surface area contributed by atoms with Crippen molar-refractivity contribution in [3.63, 3.8) is 0 Å². The molecule has 1 aromatic heterocycles. The molecule has 0 spiro atoms. The lowest BCUT2D eigenvalue weighted by molar-refractivity contribution is 0.194. The summed E-state index contributed by atoms with van der Waals surface area (Å²) in [6.45, 7) is 5.10. The van der Waals surface area contributed by atoms with Crippen molar-refractivity contribution in [2.45, 2.75) is 26.4 Å². The molecule has 0 aliphatic carbocycles. The number of hydrogen-bond acceptors (Lipinski definition) is 2. The molecule has 1 atom stereocenters. The van der Waals surface area contributed by atoms with Gasteiger partial charge in [-0.2, -0.15) is 0 Å². The highest BCUT2D eigenvalue weighted by molar-refractivity contribution is 5.90. The van der Waals surface area contributed by atoms with Crippen LogP contribution in [-0.4, -0.2) is 22.1 Å². The van der Waals surface area contributed by atoms with Gasteiger partial charge >= 0.3 is 6.03 Å². The van der Waals surface area contributed by atoms with E-state index in [2.05, 4.69) is 46.4 Å². The van der Waals surface area contributed by atoms with Gasteiger partial charge in [0, 0.05) is 17.6 Å². The summed E-state index contributed by atoms with van der Waals surface area (Å²) in [5, 5.41) is 3.12. The predicted molar refractivity (Wildman–Crippen MR) is 131 cm³/mol. The van der Waals surface area contributed by atoms with Crippen LogP contribution in [0.15, 0.2) is 91.1 Å². The third-order valence-corrected chi connectivity index (χ3v) is 6.00. The van der Waals surface area contributed by atoms with Gasteiger partial charge in [-0.05, 0) is 73.0 Å². The van der Waals surface area contributed by atoms with E-state index in [0.717, 1.165) is 39.5 Å². The number of carbonyl (C=O) groups is 1. The topological polar surface area (TPSA) is 46.5 Å². The molecule has 0 saturated heterocycles. The van der Waals surface area contributed by atoms with Crippen molar-refractivity contribution in [2.75, 3.05) is 11.9 Å². The molecule has 0 bridgehead atoms. The number of fused-ring (bicyclic) bond motifs is 3. The van der Waals surface area contributed by atoms with Crippen LogP contribution >= 0.6 is 0 Å². The number of aryl methyl sites for hydroxylation is 1. The van der Waals surface area contributed by atoms with Crippen LogP contribution in [0.2, 0.25) is 0 Å². The number of aromatic nitrogens is 1. The molecule has 0 saturated carbocycles. The first-order valence-corrected chi connectivity index (χ1v) is 11.3. The molecule has 2 amide bonds. The Labute approximate surface area is 194 Å². The van der Waals surface area contributed by atoms with E-state index in [1.54, 1.807) is 0 Å². The summed E-state index contributed by atoms with van der Waals surface area (Å²) in [6, 6.07) is 27.9. The lowest BCUT2D eigenvalue weighted by atomic mass is 10.0. The van der Waals surface area contributed by atoms with E-state index in [0.29, 0.717) is 13.2 Å². The monoisotopic (exact) mass is 437 g/mol. The summed E-state index contributed by atoms with van der Waals surface area (Å²) in [5.74, 6) is 0.823. The van der Waals surface area contributed by atoms with Crippen molar-refractivity contribution < 1.29 is 9.53 Å². The quantitative estimate of drug-likeness (QED) is 0.406. The number of benzene rings is 3. The van der Waals surface area contributed by atoms with Crippen molar-refractivity contribution in [2.24, 2.45) is 0 Å². The van der Waals surface area contributed by atoms with Crippen LogP contribution in [0.1, 0.15) is 35.3 Å². The number of nitrogens with zero attached hydrogens (tertiary/aromatic N) is 2. The van der Waals surface area contributed by atoms with Gasteiger partial charge in [0.2, 0.25) is 0 Å².